The summed E-state index contributed by atoms with van der Waals surface area (Å²) in [6.07, 6.45) is 1.25. The summed E-state index contributed by atoms with van der Waals surface area (Å²) in [6.45, 7) is 1.54. The molecule has 14 heteroatoms. The molecule has 0 aliphatic heterocycles. The van der Waals surface area contributed by atoms with E-state index in [2.05, 4.69) is 20.9 Å². The number of carbonyl (C=O) groups is 5. The smallest absolute Gasteiger partial charge is 0.328 e. The highest BCUT2D eigenvalue weighted by Gasteiger charge is 2.32. The fourth-order valence-corrected chi connectivity index (χ4v) is 4.14. The summed E-state index contributed by atoms with van der Waals surface area (Å²) < 4.78 is 0. The zero-order valence-electron chi connectivity index (χ0n) is 22.4. The monoisotopic (exact) mass is 561 g/mol. The van der Waals surface area contributed by atoms with E-state index in [0.717, 1.165) is 16.5 Å². The molecule has 0 aliphatic rings. The standard InChI is InChI=1S/C26H39N7O7/c1-14(34)22(26(39)40)33-25(38)20(9-10-21(29)35)32-24(37)19(8-4-5-11-27)31-23(36)17(28)12-15-13-30-18-7-3-2-6-16(15)18/h2-3,6-7,13-14,17,19-20,22,30,34H,4-5,8-12,27-28H2,1H3,(H2,29,35)(H,31,36)(H,32,37)(H,33,38)(H,39,40). The van der Waals surface area contributed by atoms with Crippen molar-refractivity contribution in [1.29, 1.82) is 0 Å². The van der Waals surface area contributed by atoms with Crippen LogP contribution in [0.15, 0.2) is 30.5 Å². The maximum Gasteiger partial charge on any atom is 0.328 e. The molecule has 0 saturated heterocycles. The molecule has 5 atom stereocenters. The van der Waals surface area contributed by atoms with Gasteiger partial charge in [0, 0.05) is 23.5 Å². The largest absolute Gasteiger partial charge is 0.480 e. The molecular formula is C26H39N7O7. The number of aromatic nitrogens is 1. The van der Waals surface area contributed by atoms with Crippen molar-refractivity contribution in [2.45, 2.75) is 75.7 Å². The first-order valence-corrected chi connectivity index (χ1v) is 13.1. The molecule has 12 N–H and O–H groups in total. The molecule has 0 aliphatic carbocycles. The van der Waals surface area contributed by atoms with Gasteiger partial charge in [-0.05, 0) is 57.2 Å². The van der Waals surface area contributed by atoms with Crippen molar-refractivity contribution >= 4 is 40.5 Å². The van der Waals surface area contributed by atoms with Crippen molar-refractivity contribution in [2.75, 3.05) is 6.54 Å². The Hall–Kier alpha value is -4.01. The van der Waals surface area contributed by atoms with Crippen LogP contribution in [0.25, 0.3) is 10.9 Å². The lowest BCUT2D eigenvalue weighted by Crippen LogP contribution is -2.58. The maximum absolute atomic E-state index is 13.2. The Balaban J connectivity index is 2.16. The lowest BCUT2D eigenvalue weighted by atomic mass is 10.0. The highest BCUT2D eigenvalue weighted by Crippen LogP contribution is 2.19. The van der Waals surface area contributed by atoms with Crippen molar-refractivity contribution < 1.29 is 34.2 Å². The minimum Gasteiger partial charge on any atom is -0.480 e. The summed E-state index contributed by atoms with van der Waals surface area (Å²) in [5.41, 5.74) is 18.7. The molecule has 14 nitrogen and oxygen atoms in total. The molecule has 0 saturated carbocycles. The molecule has 4 amide bonds. The van der Waals surface area contributed by atoms with Crippen LogP contribution in [-0.2, 0) is 30.4 Å². The first-order valence-electron chi connectivity index (χ1n) is 13.1. The lowest BCUT2D eigenvalue weighted by molar-refractivity contribution is -0.145. The summed E-state index contributed by atoms with van der Waals surface area (Å²) >= 11 is 0. The van der Waals surface area contributed by atoms with E-state index in [1.807, 2.05) is 24.3 Å². The Kier molecular flexibility index (Phi) is 12.5. The van der Waals surface area contributed by atoms with Gasteiger partial charge in [0.1, 0.15) is 12.1 Å². The predicted octanol–water partition coefficient (Wildman–Crippen LogP) is -1.65. The van der Waals surface area contributed by atoms with Gasteiger partial charge in [-0.3, -0.25) is 19.2 Å². The molecule has 40 heavy (non-hydrogen) atoms. The number of aromatic amines is 1. The number of amides is 4. The number of rotatable bonds is 17. The van der Waals surface area contributed by atoms with Gasteiger partial charge in [-0.15, -0.1) is 0 Å². The summed E-state index contributed by atoms with van der Waals surface area (Å²) in [5.74, 6) is -4.49. The number of benzene rings is 1. The van der Waals surface area contributed by atoms with E-state index in [0.29, 0.717) is 19.4 Å². The third-order valence-electron chi connectivity index (χ3n) is 6.39. The molecule has 5 unspecified atom stereocenters. The third-order valence-corrected chi connectivity index (χ3v) is 6.39. The van der Waals surface area contributed by atoms with E-state index in [1.165, 1.54) is 6.92 Å². The molecule has 2 aromatic rings. The summed E-state index contributed by atoms with van der Waals surface area (Å²) in [5, 5.41) is 27.2. The molecule has 1 aromatic heterocycles. The molecule has 220 valence electrons. The topological polar surface area (TPSA) is 256 Å². The molecule has 0 radical (unpaired) electrons. The zero-order chi connectivity index (χ0) is 29.8. The number of nitrogens with two attached hydrogens (primary N) is 3. The van der Waals surface area contributed by atoms with Crippen molar-refractivity contribution in [2.24, 2.45) is 17.2 Å². The zero-order valence-corrected chi connectivity index (χ0v) is 22.4. The maximum atomic E-state index is 13.2. The second kappa shape index (κ2) is 15.5. The van der Waals surface area contributed by atoms with E-state index < -0.39 is 59.9 Å². The van der Waals surface area contributed by atoms with Gasteiger partial charge < -0.3 is 48.3 Å². The van der Waals surface area contributed by atoms with Gasteiger partial charge >= 0.3 is 5.97 Å². The number of para-hydroxylation sites is 1. The molecule has 0 fully saturated rings. The van der Waals surface area contributed by atoms with Crippen LogP contribution in [-0.4, -0.2) is 81.6 Å². The van der Waals surface area contributed by atoms with Gasteiger partial charge in [-0.25, -0.2) is 4.79 Å². The van der Waals surface area contributed by atoms with Crippen molar-refractivity contribution in [1.82, 2.24) is 20.9 Å². The van der Waals surface area contributed by atoms with Gasteiger partial charge in [-0.1, -0.05) is 18.2 Å². The lowest BCUT2D eigenvalue weighted by Gasteiger charge is -2.25. The Bertz CT molecular complexity index is 1180. The summed E-state index contributed by atoms with van der Waals surface area (Å²) in [4.78, 5) is 64.9. The van der Waals surface area contributed by atoms with E-state index in [-0.39, 0.29) is 25.7 Å². The van der Waals surface area contributed by atoms with Crippen molar-refractivity contribution in [3.05, 3.63) is 36.0 Å². The van der Waals surface area contributed by atoms with Crippen LogP contribution in [0.3, 0.4) is 0 Å². The van der Waals surface area contributed by atoms with Gasteiger partial charge in [-0.2, -0.15) is 0 Å². The normalized spacial score (nSPS) is 14.9. The summed E-state index contributed by atoms with van der Waals surface area (Å²) in [7, 11) is 0. The molecule has 2 rings (SSSR count). The van der Waals surface area contributed by atoms with Crippen molar-refractivity contribution in [3.63, 3.8) is 0 Å². The van der Waals surface area contributed by atoms with Gasteiger partial charge in [0.2, 0.25) is 23.6 Å². The van der Waals surface area contributed by atoms with Crippen LogP contribution in [0, 0.1) is 0 Å². The first-order chi connectivity index (χ1) is 18.9. The predicted molar refractivity (Wildman–Crippen MR) is 146 cm³/mol. The number of hydrogen-bond donors (Lipinski definition) is 9. The number of hydrogen-bond acceptors (Lipinski definition) is 8. The first kappa shape index (κ1) is 32.2. The number of aliphatic hydroxyl groups excluding tert-OH is 1. The van der Waals surface area contributed by atoms with Gasteiger partial charge in [0.25, 0.3) is 0 Å². The Labute approximate surface area is 231 Å². The fourth-order valence-electron chi connectivity index (χ4n) is 4.14. The summed E-state index contributed by atoms with van der Waals surface area (Å²) in [6, 6.07) is 2.45. The second-order valence-corrected chi connectivity index (χ2v) is 9.65. The quantitative estimate of drug-likeness (QED) is 0.100. The highest BCUT2D eigenvalue weighted by atomic mass is 16.4. The number of primary amides is 1. The second-order valence-electron chi connectivity index (χ2n) is 9.65. The SMILES string of the molecule is CC(O)C(NC(=O)C(CCC(N)=O)NC(=O)C(CCCCN)NC(=O)C(N)Cc1c[nH]c2ccccc12)C(=O)O. The van der Waals surface area contributed by atoms with E-state index in [4.69, 9.17) is 17.2 Å². The van der Waals surface area contributed by atoms with Crippen LogP contribution in [0.2, 0.25) is 0 Å². The number of aliphatic hydroxyl groups is 1. The van der Waals surface area contributed by atoms with E-state index >= 15 is 0 Å². The molecule has 0 bridgehead atoms. The van der Waals surface area contributed by atoms with Crippen molar-refractivity contribution in [3.8, 4) is 0 Å². The van der Waals surface area contributed by atoms with Gasteiger partial charge in [0.15, 0.2) is 6.04 Å². The minimum atomic E-state index is -1.65. The number of H-pyrrole nitrogens is 1. The number of aliphatic carboxylic acids is 1. The van der Waals surface area contributed by atoms with Crippen LogP contribution >= 0.6 is 0 Å². The number of carboxylic acid groups (broad SMARTS) is 1. The Morgan fingerprint density at radius 2 is 1.57 bits per heavy atom. The average Bonchev–Trinajstić information content (AvgIpc) is 3.30. The number of nitrogens with one attached hydrogen (secondary N) is 4. The molecule has 0 spiro atoms. The van der Waals surface area contributed by atoms with E-state index in [9.17, 15) is 34.2 Å². The van der Waals surface area contributed by atoms with Crippen LogP contribution in [0.4, 0.5) is 0 Å². The van der Waals surface area contributed by atoms with E-state index in [1.54, 1.807) is 6.20 Å². The number of carbonyl (C=O) groups excluding carboxylic acids is 4. The van der Waals surface area contributed by atoms with Gasteiger partial charge in [0.05, 0.1) is 12.1 Å². The van der Waals surface area contributed by atoms with Crippen LogP contribution < -0.4 is 33.2 Å². The molecule has 1 heterocycles. The Morgan fingerprint density at radius 3 is 2.20 bits per heavy atom. The molecule has 1 aromatic carbocycles. The Morgan fingerprint density at radius 1 is 0.950 bits per heavy atom. The van der Waals surface area contributed by atoms with Crippen LogP contribution in [0.1, 0.15) is 44.6 Å². The highest BCUT2D eigenvalue weighted by molar-refractivity contribution is 5.94. The van der Waals surface area contributed by atoms with Crippen LogP contribution in [0.5, 0.6) is 0 Å². The molecular weight excluding hydrogens is 522 g/mol. The third kappa shape index (κ3) is 9.63. The fraction of sp³-hybridized carbons (Fsp3) is 0.500. The number of carboxylic acids is 1. The average molecular weight is 562 g/mol. The number of fused-ring (bicyclic) bond motifs is 1. The number of unbranched alkanes of at least 4 members (excludes halogenated alkanes) is 1. The minimum absolute atomic E-state index is 0.185.